The summed E-state index contributed by atoms with van der Waals surface area (Å²) in [6.45, 7) is 0. The van der Waals surface area contributed by atoms with E-state index in [1.54, 1.807) is 18.2 Å². The maximum atomic E-state index is 9.65. The number of rotatable bonds is 3. The Morgan fingerprint density at radius 2 is 1.85 bits per heavy atom. The number of phenols is 3. The molecule has 0 radical (unpaired) electrons. The highest BCUT2D eigenvalue weighted by Gasteiger charge is 2.09. The fourth-order valence-electron chi connectivity index (χ4n) is 1.57. The van der Waals surface area contributed by atoms with Gasteiger partial charge in [0.2, 0.25) is 5.75 Å². The summed E-state index contributed by atoms with van der Waals surface area (Å²) in [5.41, 5.74) is 0.829. The monoisotopic (exact) mass is 293 g/mol. The summed E-state index contributed by atoms with van der Waals surface area (Å²) in [5, 5.41) is 28.7. The van der Waals surface area contributed by atoms with Gasteiger partial charge in [-0.25, -0.2) is 0 Å². The Hall–Kier alpha value is -2.40. The molecule has 0 aliphatic heterocycles. The zero-order chi connectivity index (χ0) is 14.7. The van der Waals surface area contributed by atoms with Crippen LogP contribution >= 0.6 is 11.6 Å². The number of phenolic OH excluding ortho intramolecular Hbond substituents is 3. The molecule has 0 heterocycles. The molecule has 0 bridgehead atoms. The normalized spacial score (nSPS) is 10.9. The van der Waals surface area contributed by atoms with Crippen LogP contribution in [0.3, 0.4) is 0 Å². The van der Waals surface area contributed by atoms with Crippen LogP contribution in [0.5, 0.6) is 23.0 Å². The van der Waals surface area contributed by atoms with Gasteiger partial charge in [-0.2, -0.15) is 0 Å². The Kier molecular flexibility index (Phi) is 4.00. The quantitative estimate of drug-likeness (QED) is 0.599. The molecule has 0 spiro atoms. The smallest absolute Gasteiger partial charge is 0.200 e. The largest absolute Gasteiger partial charge is 0.504 e. The van der Waals surface area contributed by atoms with Gasteiger partial charge in [-0.15, -0.1) is 0 Å². The van der Waals surface area contributed by atoms with Crippen molar-refractivity contribution < 1.29 is 20.1 Å². The minimum absolute atomic E-state index is 0.271. The molecule has 0 saturated carbocycles. The van der Waals surface area contributed by atoms with Crippen LogP contribution in [0.1, 0.15) is 5.56 Å². The highest BCUT2D eigenvalue weighted by Crippen LogP contribution is 2.36. The number of halogens is 1. The molecule has 2 aromatic carbocycles. The van der Waals surface area contributed by atoms with E-state index in [9.17, 15) is 15.3 Å². The lowest BCUT2D eigenvalue weighted by molar-refractivity contribution is 0.367. The topological polar surface area (TPSA) is 82.3 Å². The molecule has 20 heavy (non-hydrogen) atoms. The van der Waals surface area contributed by atoms with Gasteiger partial charge in [0.1, 0.15) is 5.75 Å². The molecule has 0 fully saturated rings. The van der Waals surface area contributed by atoms with E-state index in [4.69, 9.17) is 16.3 Å². The molecule has 0 unspecified atom stereocenters. The van der Waals surface area contributed by atoms with Crippen molar-refractivity contribution in [1.82, 2.24) is 0 Å². The number of nitrogens with zero attached hydrogens (tertiary/aromatic N) is 1. The molecular weight excluding hydrogens is 282 g/mol. The highest BCUT2D eigenvalue weighted by atomic mass is 35.5. The van der Waals surface area contributed by atoms with E-state index < -0.39 is 17.2 Å². The number of aromatic hydroxyl groups is 3. The van der Waals surface area contributed by atoms with Crippen molar-refractivity contribution in [3.8, 4) is 23.0 Å². The summed E-state index contributed by atoms with van der Waals surface area (Å²) in [6, 6.07) is 7.66. The van der Waals surface area contributed by atoms with Crippen molar-refractivity contribution in [2.45, 2.75) is 0 Å². The number of hydrogen-bond donors (Lipinski definition) is 3. The number of aliphatic imine (C=N–C) groups is 1. The molecule has 3 N–H and O–H groups in total. The maximum absolute atomic E-state index is 9.65. The van der Waals surface area contributed by atoms with Crippen LogP contribution in [0.25, 0.3) is 0 Å². The first kappa shape index (κ1) is 14.0. The van der Waals surface area contributed by atoms with Gasteiger partial charge in [0.25, 0.3) is 0 Å². The molecule has 2 aromatic rings. The average Bonchev–Trinajstić information content (AvgIpc) is 2.44. The van der Waals surface area contributed by atoms with E-state index in [1.165, 1.54) is 25.5 Å². The van der Waals surface area contributed by atoms with E-state index in [1.807, 2.05) is 0 Å². The molecule has 0 aliphatic rings. The Bertz CT molecular complexity index is 670. The first-order valence-corrected chi connectivity index (χ1v) is 6.02. The van der Waals surface area contributed by atoms with E-state index in [0.29, 0.717) is 16.5 Å². The second-order valence-corrected chi connectivity index (χ2v) is 4.36. The third-order valence-corrected chi connectivity index (χ3v) is 2.94. The van der Waals surface area contributed by atoms with Crippen LogP contribution in [0.2, 0.25) is 5.02 Å². The molecule has 0 aliphatic carbocycles. The zero-order valence-electron chi connectivity index (χ0n) is 10.5. The van der Waals surface area contributed by atoms with Crippen LogP contribution < -0.4 is 4.74 Å². The Morgan fingerprint density at radius 1 is 1.10 bits per heavy atom. The lowest BCUT2D eigenvalue weighted by Crippen LogP contribution is -1.84. The third kappa shape index (κ3) is 2.78. The predicted molar refractivity (Wildman–Crippen MR) is 76.7 cm³/mol. The van der Waals surface area contributed by atoms with Gasteiger partial charge in [0.15, 0.2) is 11.5 Å². The van der Waals surface area contributed by atoms with Crippen molar-refractivity contribution in [1.29, 1.82) is 0 Å². The Labute approximate surface area is 120 Å². The standard InChI is InChI=1S/C14H12ClNO4/c1-20-12-5-3-9(6-10(12)15)16-7-8-2-4-11(17)14(19)13(8)18/h2-7,17-19H,1H3. The zero-order valence-corrected chi connectivity index (χ0v) is 11.3. The van der Waals surface area contributed by atoms with E-state index in [0.717, 1.165) is 0 Å². The Morgan fingerprint density at radius 3 is 2.50 bits per heavy atom. The summed E-state index contributed by atoms with van der Waals surface area (Å²) < 4.78 is 5.03. The van der Waals surface area contributed by atoms with Gasteiger partial charge in [0.05, 0.1) is 17.8 Å². The number of hydrogen-bond acceptors (Lipinski definition) is 5. The van der Waals surface area contributed by atoms with Crippen LogP contribution in [0.4, 0.5) is 5.69 Å². The minimum atomic E-state index is -0.582. The second kappa shape index (κ2) is 5.71. The number of ether oxygens (including phenoxy) is 1. The predicted octanol–water partition coefficient (Wildman–Crippen LogP) is 3.22. The van der Waals surface area contributed by atoms with E-state index in [2.05, 4.69) is 4.99 Å². The van der Waals surface area contributed by atoms with Crippen molar-refractivity contribution in [3.05, 3.63) is 40.9 Å². The fraction of sp³-hybridized carbons (Fsp3) is 0.0714. The number of benzene rings is 2. The van der Waals surface area contributed by atoms with Crippen molar-refractivity contribution in [2.24, 2.45) is 4.99 Å². The van der Waals surface area contributed by atoms with Gasteiger partial charge in [0, 0.05) is 11.8 Å². The van der Waals surface area contributed by atoms with Crippen LogP contribution in [0, 0.1) is 0 Å². The van der Waals surface area contributed by atoms with Gasteiger partial charge in [-0.1, -0.05) is 11.6 Å². The summed E-state index contributed by atoms with van der Waals surface area (Å²) in [4.78, 5) is 4.13. The molecule has 0 saturated heterocycles. The van der Waals surface area contributed by atoms with Gasteiger partial charge in [-0.05, 0) is 30.3 Å². The van der Waals surface area contributed by atoms with Crippen molar-refractivity contribution in [3.63, 3.8) is 0 Å². The lowest BCUT2D eigenvalue weighted by atomic mass is 10.2. The molecule has 0 atom stereocenters. The minimum Gasteiger partial charge on any atom is -0.504 e. The van der Waals surface area contributed by atoms with E-state index in [-0.39, 0.29) is 5.56 Å². The summed E-state index contributed by atoms with van der Waals surface area (Å²) >= 11 is 5.97. The maximum Gasteiger partial charge on any atom is 0.200 e. The Balaban J connectivity index is 2.30. The summed E-state index contributed by atoms with van der Waals surface area (Å²) in [6.07, 6.45) is 1.35. The van der Waals surface area contributed by atoms with Crippen LogP contribution in [-0.4, -0.2) is 28.6 Å². The second-order valence-electron chi connectivity index (χ2n) is 3.95. The van der Waals surface area contributed by atoms with Crippen LogP contribution in [-0.2, 0) is 0 Å². The molecule has 2 rings (SSSR count). The fourth-order valence-corrected chi connectivity index (χ4v) is 1.82. The lowest BCUT2D eigenvalue weighted by Gasteiger charge is -2.04. The van der Waals surface area contributed by atoms with Gasteiger partial charge in [-0.3, -0.25) is 4.99 Å². The summed E-state index contributed by atoms with van der Waals surface area (Å²) in [5.74, 6) is -0.877. The van der Waals surface area contributed by atoms with Crippen LogP contribution in [0.15, 0.2) is 35.3 Å². The number of methoxy groups -OCH3 is 1. The molecule has 104 valence electrons. The summed E-state index contributed by atoms with van der Waals surface area (Å²) in [7, 11) is 1.52. The first-order chi connectivity index (χ1) is 9.52. The highest BCUT2D eigenvalue weighted by molar-refractivity contribution is 6.32. The first-order valence-electron chi connectivity index (χ1n) is 5.64. The molecule has 0 aromatic heterocycles. The van der Waals surface area contributed by atoms with Crippen molar-refractivity contribution >= 4 is 23.5 Å². The molecular formula is C14H12ClNO4. The molecule has 5 nitrogen and oxygen atoms in total. The average molecular weight is 294 g/mol. The molecule has 6 heteroatoms. The third-order valence-electron chi connectivity index (χ3n) is 2.65. The van der Waals surface area contributed by atoms with E-state index >= 15 is 0 Å². The van der Waals surface area contributed by atoms with Crippen molar-refractivity contribution in [2.75, 3.05) is 7.11 Å². The van der Waals surface area contributed by atoms with Gasteiger partial charge >= 0.3 is 0 Å². The molecule has 0 amide bonds. The van der Waals surface area contributed by atoms with Gasteiger partial charge < -0.3 is 20.1 Å². The SMILES string of the molecule is COc1ccc(N=Cc2ccc(O)c(O)c2O)cc1Cl.